The summed E-state index contributed by atoms with van der Waals surface area (Å²) in [5.41, 5.74) is 0.0164. The number of tetrazole rings is 1. The normalized spacial score (nSPS) is 31.1. The molecule has 4 atom stereocenters. The van der Waals surface area contributed by atoms with Crippen molar-refractivity contribution in [2.45, 2.75) is 56.4 Å². The van der Waals surface area contributed by atoms with Gasteiger partial charge in [-0.15, -0.1) is 20.4 Å². The first kappa shape index (κ1) is 17.4. The second kappa shape index (κ2) is 7.16. The third-order valence-electron chi connectivity index (χ3n) is 6.71. The molecule has 32 heavy (non-hydrogen) atoms. The third-order valence-corrected chi connectivity index (χ3v) is 6.71. The van der Waals surface area contributed by atoms with Gasteiger partial charge in [0.1, 0.15) is 11.9 Å². The van der Waals surface area contributed by atoms with Crippen molar-refractivity contribution in [3.05, 3.63) is 24.4 Å². The van der Waals surface area contributed by atoms with Crippen molar-refractivity contribution in [3.8, 4) is 28.5 Å². The Labute approximate surface area is 189 Å². The molecule has 10 nitrogen and oxygen atoms in total. The fourth-order valence-corrected chi connectivity index (χ4v) is 4.95. The van der Waals surface area contributed by atoms with Crippen molar-refractivity contribution in [3.63, 3.8) is 0 Å². The van der Waals surface area contributed by atoms with Gasteiger partial charge in [0.2, 0.25) is 5.82 Å². The van der Waals surface area contributed by atoms with E-state index in [1.165, 1.54) is 12.3 Å². The van der Waals surface area contributed by atoms with E-state index >= 15 is 4.39 Å². The molecule has 2 aliphatic heterocycles. The fourth-order valence-electron chi connectivity index (χ4n) is 4.95. The quantitative estimate of drug-likeness (QED) is 0.624. The van der Waals surface area contributed by atoms with E-state index in [0.29, 0.717) is 28.2 Å². The molecule has 3 aromatic rings. The molecule has 1 aromatic carbocycles. The molecule has 2 fully saturated rings. The SMILES string of the molecule is [2H]C([2H])([2H])n1nnc(-c2ccc(-c3ncc(N(C)[C@@H]4C[C@@]5(C)CC[C@](C)(N5)[C@@H]4F)nn3)c(O)c2)n1. The Kier molecular flexibility index (Phi) is 3.88. The van der Waals surface area contributed by atoms with Gasteiger partial charge in [-0.25, -0.2) is 9.37 Å². The van der Waals surface area contributed by atoms with Crippen LogP contribution in [0.5, 0.6) is 5.75 Å². The number of rotatable bonds is 4. The van der Waals surface area contributed by atoms with E-state index < -0.39 is 18.7 Å². The van der Waals surface area contributed by atoms with E-state index in [4.69, 9.17) is 4.11 Å². The molecule has 168 valence electrons. The van der Waals surface area contributed by atoms with E-state index in [2.05, 4.69) is 42.8 Å². The molecule has 0 aliphatic carbocycles. The number of nitrogens with zero attached hydrogens (tertiary/aromatic N) is 8. The molecular weight excluding hydrogens is 413 g/mol. The molecule has 0 radical (unpaired) electrons. The lowest BCUT2D eigenvalue weighted by Crippen LogP contribution is -2.65. The number of hydrogen-bond acceptors (Lipinski definition) is 9. The summed E-state index contributed by atoms with van der Waals surface area (Å²) >= 11 is 0. The maximum absolute atomic E-state index is 15.4. The van der Waals surface area contributed by atoms with Gasteiger partial charge in [0.25, 0.3) is 0 Å². The van der Waals surface area contributed by atoms with Gasteiger partial charge in [-0.3, -0.25) is 0 Å². The molecule has 2 saturated heterocycles. The summed E-state index contributed by atoms with van der Waals surface area (Å²) in [7, 11) is 1.80. The predicted octanol–water partition coefficient (Wildman–Crippen LogP) is 1.88. The molecule has 4 heterocycles. The summed E-state index contributed by atoms with van der Waals surface area (Å²) in [5.74, 6) is 0.524. The average Bonchev–Trinajstić information content (AvgIpc) is 3.40. The topological polar surface area (TPSA) is 118 Å². The highest BCUT2D eigenvalue weighted by Crippen LogP contribution is 2.45. The average molecular weight is 443 g/mol. The van der Waals surface area contributed by atoms with Crippen molar-refractivity contribution in [1.82, 2.24) is 40.7 Å². The minimum atomic E-state index is -2.55. The Morgan fingerprint density at radius 2 is 2.09 bits per heavy atom. The van der Waals surface area contributed by atoms with Gasteiger partial charge < -0.3 is 15.3 Å². The Hall–Kier alpha value is -3.21. The zero-order chi connectivity index (χ0) is 25.2. The minimum absolute atomic E-state index is 0.0538. The first-order valence-electron chi connectivity index (χ1n) is 11.9. The Balaban J connectivity index is 1.36. The summed E-state index contributed by atoms with van der Waals surface area (Å²) < 4.78 is 37.4. The number of fused-ring (bicyclic) bond motifs is 2. The summed E-state index contributed by atoms with van der Waals surface area (Å²) in [6.45, 7) is 1.51. The maximum Gasteiger partial charge on any atom is 0.205 e. The number of phenols is 1. The van der Waals surface area contributed by atoms with Crippen LogP contribution in [0.1, 0.15) is 37.2 Å². The van der Waals surface area contributed by atoms with Gasteiger partial charge in [-0.05, 0) is 50.5 Å². The van der Waals surface area contributed by atoms with Gasteiger partial charge in [0.15, 0.2) is 11.6 Å². The molecule has 0 spiro atoms. The third kappa shape index (κ3) is 3.36. The van der Waals surface area contributed by atoms with E-state index in [-0.39, 0.29) is 29.0 Å². The first-order valence-corrected chi connectivity index (χ1v) is 10.4. The van der Waals surface area contributed by atoms with Crippen LogP contribution < -0.4 is 10.2 Å². The van der Waals surface area contributed by atoms with Crippen LogP contribution in [0.4, 0.5) is 10.2 Å². The molecule has 11 heteroatoms. The number of aryl methyl sites for hydroxylation is 1. The number of nitrogens with one attached hydrogen (secondary N) is 1. The van der Waals surface area contributed by atoms with Crippen LogP contribution in [-0.4, -0.2) is 70.8 Å². The highest BCUT2D eigenvalue weighted by Gasteiger charge is 2.56. The number of aromatic hydroxyl groups is 1. The number of halogens is 1. The van der Waals surface area contributed by atoms with Crippen molar-refractivity contribution < 1.29 is 13.6 Å². The van der Waals surface area contributed by atoms with Crippen LogP contribution >= 0.6 is 0 Å². The summed E-state index contributed by atoms with van der Waals surface area (Å²) in [5, 5.41) is 33.5. The number of alkyl halides is 1. The Bertz CT molecular complexity index is 1250. The molecule has 0 saturated carbocycles. The van der Waals surface area contributed by atoms with Crippen molar-refractivity contribution in [1.29, 1.82) is 0 Å². The van der Waals surface area contributed by atoms with E-state index in [0.717, 1.165) is 12.8 Å². The molecule has 5 rings (SSSR count). The summed E-state index contributed by atoms with van der Waals surface area (Å²) in [6, 6.07) is 4.17. The van der Waals surface area contributed by atoms with Crippen molar-refractivity contribution in [2.24, 2.45) is 6.98 Å². The molecule has 2 aromatic heterocycles. The second-order valence-electron chi connectivity index (χ2n) is 9.16. The molecule has 0 amide bonds. The van der Waals surface area contributed by atoms with Gasteiger partial charge in [0.05, 0.1) is 24.8 Å². The van der Waals surface area contributed by atoms with Gasteiger partial charge in [-0.1, -0.05) is 6.07 Å². The van der Waals surface area contributed by atoms with Crippen LogP contribution in [0.2, 0.25) is 0 Å². The van der Waals surface area contributed by atoms with Crippen LogP contribution in [-0.2, 0) is 6.98 Å². The minimum Gasteiger partial charge on any atom is -0.507 e. The van der Waals surface area contributed by atoms with Crippen molar-refractivity contribution in [2.75, 3.05) is 11.9 Å². The van der Waals surface area contributed by atoms with Crippen LogP contribution in [0, 0.1) is 0 Å². The van der Waals surface area contributed by atoms with Crippen LogP contribution in [0.15, 0.2) is 24.4 Å². The predicted molar refractivity (Wildman–Crippen MR) is 116 cm³/mol. The van der Waals surface area contributed by atoms with E-state index in [9.17, 15) is 5.11 Å². The highest BCUT2D eigenvalue weighted by molar-refractivity contribution is 5.69. The van der Waals surface area contributed by atoms with Crippen LogP contribution in [0.25, 0.3) is 22.8 Å². The lowest BCUT2D eigenvalue weighted by Gasteiger charge is -2.47. The summed E-state index contributed by atoms with van der Waals surface area (Å²) in [4.78, 5) is 6.67. The molecule has 2 aliphatic rings. The van der Waals surface area contributed by atoms with Gasteiger partial charge in [0, 0.05) is 27.8 Å². The van der Waals surface area contributed by atoms with Crippen LogP contribution in [0.3, 0.4) is 0 Å². The monoisotopic (exact) mass is 442 g/mol. The molecule has 0 unspecified atom stereocenters. The lowest BCUT2D eigenvalue weighted by atomic mass is 9.82. The number of piperidine rings is 1. The fraction of sp³-hybridized carbons (Fsp3) is 0.524. The lowest BCUT2D eigenvalue weighted by molar-refractivity contribution is 0.0859. The smallest absolute Gasteiger partial charge is 0.205 e. The number of aromatic nitrogens is 7. The number of phenolic OH excluding ortho intramolecular Hbond substituents is 1. The van der Waals surface area contributed by atoms with Crippen molar-refractivity contribution >= 4 is 5.82 Å². The number of anilines is 1. The second-order valence-corrected chi connectivity index (χ2v) is 9.16. The summed E-state index contributed by atoms with van der Waals surface area (Å²) in [6.07, 6.45) is 2.80. The molecule has 2 bridgehead atoms. The number of hydrogen-bond donors (Lipinski definition) is 2. The zero-order valence-corrected chi connectivity index (χ0v) is 18.0. The first-order chi connectivity index (χ1) is 16.4. The molecule has 2 N–H and O–H groups in total. The van der Waals surface area contributed by atoms with E-state index in [1.54, 1.807) is 24.1 Å². The largest absolute Gasteiger partial charge is 0.507 e. The molecular formula is C21H26FN9O. The number of benzene rings is 1. The Morgan fingerprint density at radius 3 is 2.78 bits per heavy atom. The maximum atomic E-state index is 15.4. The van der Waals surface area contributed by atoms with Gasteiger partial charge in [-0.2, -0.15) is 4.80 Å². The highest BCUT2D eigenvalue weighted by atomic mass is 19.1. The van der Waals surface area contributed by atoms with E-state index in [1.807, 2.05) is 6.92 Å². The standard InChI is InChI=1S/C21H26FN9O/c1-20-7-8-21(2,28-20)17(22)14(10-20)30(3)16-11-23-19(25-24-16)13-6-5-12(9-15(13)32)18-26-29-31(4)27-18/h5-6,9,11,14,17,28,32H,7-8,10H2,1-4H3/t14-,17-,20-,21+/m1/s1/i4D3. The Morgan fingerprint density at radius 1 is 1.25 bits per heavy atom. The van der Waals surface area contributed by atoms with Gasteiger partial charge >= 0.3 is 0 Å². The zero-order valence-electron chi connectivity index (χ0n) is 21.0.